The van der Waals surface area contributed by atoms with Crippen LogP contribution in [-0.4, -0.2) is 43.8 Å². The van der Waals surface area contributed by atoms with E-state index in [1.165, 1.54) is 12.1 Å². The first-order chi connectivity index (χ1) is 10.8. The Morgan fingerprint density at radius 1 is 1.48 bits per heavy atom. The van der Waals surface area contributed by atoms with E-state index in [2.05, 4.69) is 11.8 Å². The smallest absolute Gasteiger partial charge is 0.177 e. The predicted molar refractivity (Wildman–Crippen MR) is 88.5 cm³/mol. The van der Waals surface area contributed by atoms with E-state index in [0.717, 1.165) is 32.2 Å². The van der Waals surface area contributed by atoms with Crippen LogP contribution >= 0.6 is 0 Å². The Labute approximate surface area is 137 Å². The van der Waals surface area contributed by atoms with Crippen molar-refractivity contribution in [3.05, 3.63) is 17.7 Å². The van der Waals surface area contributed by atoms with Crippen LogP contribution in [0.1, 0.15) is 37.9 Å². The molecule has 0 aromatic heterocycles. The number of benzene rings is 1. The summed E-state index contributed by atoms with van der Waals surface area (Å²) in [6.07, 6.45) is 3.22. The van der Waals surface area contributed by atoms with E-state index in [1.54, 1.807) is 0 Å². The maximum atomic E-state index is 11.8. The zero-order valence-electron chi connectivity index (χ0n) is 13.5. The first-order valence-corrected chi connectivity index (χ1v) is 9.59. The second-order valence-electron chi connectivity index (χ2n) is 6.01. The molecule has 2 unspecified atom stereocenters. The van der Waals surface area contributed by atoms with E-state index < -0.39 is 15.9 Å². The van der Waals surface area contributed by atoms with Crippen LogP contribution in [0.5, 0.6) is 5.75 Å². The fourth-order valence-corrected chi connectivity index (χ4v) is 4.09. The van der Waals surface area contributed by atoms with E-state index in [0.29, 0.717) is 18.0 Å². The van der Waals surface area contributed by atoms with Crippen LogP contribution in [0.3, 0.4) is 0 Å². The Kier molecular flexibility index (Phi) is 5.51. The number of nitrogens with zero attached hydrogens (tertiary/aromatic N) is 1. The highest BCUT2D eigenvalue weighted by Crippen LogP contribution is 2.36. The van der Waals surface area contributed by atoms with Gasteiger partial charge in [-0.05, 0) is 38.4 Å². The van der Waals surface area contributed by atoms with Crippen LogP contribution in [0.25, 0.3) is 0 Å². The van der Waals surface area contributed by atoms with Crippen LogP contribution < -0.4 is 11.6 Å². The topological polar surface area (TPSA) is 119 Å². The number of hydrogen-bond acceptors (Lipinski definition) is 7. The molecule has 0 spiro atoms. The number of hydrogen-bond donors (Lipinski definition) is 3. The van der Waals surface area contributed by atoms with Gasteiger partial charge in [0.1, 0.15) is 11.9 Å². The summed E-state index contributed by atoms with van der Waals surface area (Å²) in [7, 11) is -3.50. The van der Waals surface area contributed by atoms with Gasteiger partial charge < -0.3 is 15.7 Å². The number of phenols is 1. The molecule has 5 N–H and O–H groups in total. The minimum Gasteiger partial charge on any atom is -0.507 e. The van der Waals surface area contributed by atoms with Crippen molar-refractivity contribution < 1.29 is 18.4 Å². The molecule has 8 heteroatoms. The summed E-state index contributed by atoms with van der Waals surface area (Å²) in [6, 6.07) is 2.90. The molecule has 2 atom stereocenters. The first kappa shape index (κ1) is 18.0. The van der Waals surface area contributed by atoms with Crippen molar-refractivity contribution in [1.82, 2.24) is 4.90 Å². The molecule has 0 radical (unpaired) electrons. The number of phenolic OH excluding ortho intramolecular Hbond substituents is 1. The molecule has 0 bridgehead atoms. The number of anilines is 1. The van der Waals surface area contributed by atoms with E-state index in [1.807, 2.05) is 0 Å². The average Bonchev–Trinajstić information content (AvgIpc) is 2.91. The van der Waals surface area contributed by atoms with Gasteiger partial charge in [-0.3, -0.25) is 4.84 Å². The summed E-state index contributed by atoms with van der Waals surface area (Å²) in [5.74, 6) is 5.32. The van der Waals surface area contributed by atoms with Gasteiger partial charge in [0.25, 0.3) is 0 Å². The van der Waals surface area contributed by atoms with Crippen LogP contribution in [0, 0.1) is 0 Å². The number of likely N-dealkylation sites (tertiary alicyclic amines) is 1. The molecule has 0 amide bonds. The molecule has 1 aliphatic rings. The summed E-state index contributed by atoms with van der Waals surface area (Å²) in [5.41, 5.74) is 6.07. The predicted octanol–water partition coefficient (Wildman–Crippen LogP) is 1.18. The molecule has 1 aliphatic heterocycles. The third kappa shape index (κ3) is 3.95. The van der Waals surface area contributed by atoms with E-state index in [9.17, 15) is 13.5 Å². The average molecular weight is 343 g/mol. The fourth-order valence-electron chi connectivity index (χ4n) is 3.26. The zero-order valence-corrected chi connectivity index (χ0v) is 14.3. The third-order valence-corrected chi connectivity index (χ3v) is 5.61. The lowest BCUT2D eigenvalue weighted by atomic mass is 9.99. The Hall–Kier alpha value is -1.35. The molecule has 7 nitrogen and oxygen atoms in total. The molecule has 1 saturated heterocycles. The number of sulfone groups is 1. The molecule has 0 aliphatic carbocycles. The highest BCUT2D eigenvalue weighted by Gasteiger charge is 2.29. The van der Waals surface area contributed by atoms with Crippen molar-refractivity contribution in [2.24, 2.45) is 5.90 Å². The molecule has 1 aromatic rings. The molecular formula is C15H25N3O4S. The van der Waals surface area contributed by atoms with Crippen LogP contribution in [0.4, 0.5) is 5.69 Å². The largest absolute Gasteiger partial charge is 0.507 e. The van der Waals surface area contributed by atoms with Gasteiger partial charge in [-0.25, -0.2) is 14.3 Å². The van der Waals surface area contributed by atoms with Crippen molar-refractivity contribution >= 4 is 15.5 Å². The molecule has 0 saturated carbocycles. The third-order valence-electron chi connectivity index (χ3n) is 4.46. The molecule has 130 valence electrons. The van der Waals surface area contributed by atoms with Gasteiger partial charge in [-0.2, -0.15) is 0 Å². The van der Waals surface area contributed by atoms with Crippen molar-refractivity contribution in [2.75, 3.05) is 25.1 Å². The number of nitrogen functional groups attached to an aromatic ring is 1. The van der Waals surface area contributed by atoms with Crippen LogP contribution in [0.15, 0.2) is 17.0 Å². The first-order valence-electron chi connectivity index (χ1n) is 7.70. The van der Waals surface area contributed by atoms with Crippen molar-refractivity contribution in [1.29, 1.82) is 0 Å². The molecular weight excluding hydrogens is 318 g/mol. The molecule has 1 heterocycles. The van der Waals surface area contributed by atoms with E-state index in [-0.39, 0.29) is 16.3 Å². The maximum absolute atomic E-state index is 11.8. The standard InChI is InChI=1S/C15H25N3O4S/c1-3-18-6-4-5-10(18)7-14(22-17)11-8-15(23(2,20)21)12(16)9-13(11)19/h8-10,14,19H,3-7,16-17H2,1-2H3. The van der Waals surface area contributed by atoms with Gasteiger partial charge in [0, 0.05) is 23.9 Å². The summed E-state index contributed by atoms with van der Waals surface area (Å²) in [6.45, 7) is 4.06. The van der Waals surface area contributed by atoms with E-state index >= 15 is 0 Å². The summed E-state index contributed by atoms with van der Waals surface area (Å²) >= 11 is 0. The molecule has 1 fully saturated rings. The van der Waals surface area contributed by atoms with Gasteiger partial charge >= 0.3 is 0 Å². The van der Waals surface area contributed by atoms with Crippen LogP contribution in [-0.2, 0) is 14.7 Å². The Morgan fingerprint density at radius 3 is 2.74 bits per heavy atom. The number of rotatable bonds is 6. The summed E-state index contributed by atoms with van der Waals surface area (Å²) < 4.78 is 23.7. The molecule has 2 rings (SSSR count). The minimum absolute atomic E-state index is 0.0144. The maximum Gasteiger partial charge on any atom is 0.177 e. The highest BCUT2D eigenvalue weighted by atomic mass is 32.2. The van der Waals surface area contributed by atoms with E-state index in [4.69, 9.17) is 16.5 Å². The summed E-state index contributed by atoms with van der Waals surface area (Å²) in [4.78, 5) is 7.37. The Balaban J connectivity index is 2.34. The Morgan fingerprint density at radius 2 is 2.17 bits per heavy atom. The van der Waals surface area contributed by atoms with Crippen molar-refractivity contribution in [2.45, 2.75) is 43.2 Å². The quantitative estimate of drug-likeness (QED) is 0.524. The van der Waals surface area contributed by atoms with Gasteiger partial charge in [0.15, 0.2) is 9.84 Å². The van der Waals surface area contributed by atoms with Gasteiger partial charge in [-0.15, -0.1) is 0 Å². The van der Waals surface area contributed by atoms with Crippen molar-refractivity contribution in [3.8, 4) is 5.75 Å². The molecule has 23 heavy (non-hydrogen) atoms. The summed E-state index contributed by atoms with van der Waals surface area (Å²) in [5, 5.41) is 10.2. The number of aromatic hydroxyl groups is 1. The fraction of sp³-hybridized carbons (Fsp3) is 0.600. The number of nitrogens with two attached hydrogens (primary N) is 2. The lowest BCUT2D eigenvalue weighted by Crippen LogP contribution is -2.31. The SMILES string of the molecule is CCN1CCCC1CC(ON)c1cc(S(C)(=O)=O)c(N)cc1O. The van der Waals surface area contributed by atoms with Crippen molar-refractivity contribution in [3.63, 3.8) is 0 Å². The van der Waals surface area contributed by atoms with Crippen LogP contribution in [0.2, 0.25) is 0 Å². The Bertz CT molecular complexity index is 663. The highest BCUT2D eigenvalue weighted by molar-refractivity contribution is 7.90. The van der Waals surface area contributed by atoms with Gasteiger partial charge in [-0.1, -0.05) is 6.92 Å². The monoisotopic (exact) mass is 343 g/mol. The normalized spacial score (nSPS) is 20.7. The molecule has 1 aromatic carbocycles. The second-order valence-corrected chi connectivity index (χ2v) is 7.99. The van der Waals surface area contributed by atoms with Gasteiger partial charge in [0.2, 0.25) is 0 Å². The van der Waals surface area contributed by atoms with Gasteiger partial charge in [0.05, 0.1) is 10.6 Å². The lowest BCUT2D eigenvalue weighted by Gasteiger charge is -2.27. The second kappa shape index (κ2) is 7.04. The minimum atomic E-state index is -3.50. The lowest BCUT2D eigenvalue weighted by molar-refractivity contribution is 0.0275. The zero-order chi connectivity index (χ0) is 17.2.